The van der Waals surface area contributed by atoms with Gasteiger partial charge in [-0.05, 0) is 31.4 Å². The van der Waals surface area contributed by atoms with Gasteiger partial charge < -0.3 is 36.6 Å². The van der Waals surface area contributed by atoms with Gasteiger partial charge in [0.1, 0.15) is 23.7 Å². The summed E-state index contributed by atoms with van der Waals surface area (Å²) < 4.78 is 0. The molecule has 1 fully saturated rings. The lowest BCUT2D eigenvalue weighted by Crippen LogP contribution is -2.65. The zero-order valence-corrected chi connectivity index (χ0v) is 17.8. The summed E-state index contributed by atoms with van der Waals surface area (Å²) in [6.07, 6.45) is -2.45. The number of aliphatic hydroxyl groups excluding tert-OH is 1. The van der Waals surface area contributed by atoms with Crippen LogP contribution >= 0.6 is 23.2 Å². The van der Waals surface area contributed by atoms with Crippen molar-refractivity contribution in [2.24, 2.45) is 5.73 Å². The van der Waals surface area contributed by atoms with Gasteiger partial charge in [0, 0.05) is 11.6 Å². The maximum absolute atomic E-state index is 12.4. The molecule has 1 aromatic carbocycles. The third-order valence-electron chi connectivity index (χ3n) is 5.26. The first-order valence-corrected chi connectivity index (χ1v) is 9.95. The third kappa shape index (κ3) is 5.22. The molecular weight excluding hydrogens is 473 g/mol. The molecule has 1 heterocycles. The second-order valence-electron chi connectivity index (χ2n) is 7.35. The van der Waals surface area contributed by atoms with Gasteiger partial charge in [0.05, 0.1) is 10.0 Å². The molecule has 1 aromatic rings. The SMILES string of the molecule is N[C@H](C(=O)O)[C@H](O)[C@@]1(C(=O)O)CC[C@H](CC(NC(=O)c2cc(Cl)c(O)c(Cl)c2)C(=O)O)N1. The van der Waals surface area contributed by atoms with Crippen LogP contribution in [0.25, 0.3) is 0 Å². The van der Waals surface area contributed by atoms with Crippen molar-refractivity contribution in [2.45, 2.75) is 49.0 Å². The van der Waals surface area contributed by atoms with E-state index < -0.39 is 59.3 Å². The second-order valence-corrected chi connectivity index (χ2v) is 8.17. The van der Waals surface area contributed by atoms with Crippen molar-refractivity contribution in [1.29, 1.82) is 0 Å². The first kappa shape index (κ1) is 25.6. The van der Waals surface area contributed by atoms with Crippen LogP contribution in [0.15, 0.2) is 12.1 Å². The van der Waals surface area contributed by atoms with E-state index in [2.05, 4.69) is 10.6 Å². The van der Waals surface area contributed by atoms with E-state index in [1.54, 1.807) is 0 Å². The van der Waals surface area contributed by atoms with E-state index in [1.165, 1.54) is 0 Å². The zero-order valence-electron chi connectivity index (χ0n) is 16.3. The molecule has 5 atom stereocenters. The summed E-state index contributed by atoms with van der Waals surface area (Å²) in [5.74, 6) is -5.89. The highest BCUT2D eigenvalue weighted by atomic mass is 35.5. The fourth-order valence-corrected chi connectivity index (χ4v) is 3.99. The summed E-state index contributed by atoms with van der Waals surface area (Å²) in [6, 6.07) is -2.01. The Morgan fingerprint density at radius 2 is 1.72 bits per heavy atom. The number of carboxylic acid groups (broad SMARTS) is 3. The number of aliphatic carboxylic acids is 3. The van der Waals surface area contributed by atoms with E-state index in [4.69, 9.17) is 34.0 Å². The number of amides is 1. The molecule has 1 amide bonds. The molecule has 12 nitrogen and oxygen atoms in total. The Morgan fingerprint density at radius 1 is 1.16 bits per heavy atom. The van der Waals surface area contributed by atoms with E-state index in [9.17, 15) is 39.6 Å². The average molecular weight is 494 g/mol. The molecule has 32 heavy (non-hydrogen) atoms. The van der Waals surface area contributed by atoms with Crippen LogP contribution in [0, 0.1) is 0 Å². The Bertz CT molecular complexity index is 921. The molecule has 0 bridgehead atoms. The van der Waals surface area contributed by atoms with Crippen LogP contribution < -0.4 is 16.4 Å². The lowest BCUT2D eigenvalue weighted by molar-refractivity contribution is -0.153. The molecule has 0 radical (unpaired) electrons. The van der Waals surface area contributed by atoms with Gasteiger partial charge in [-0.25, -0.2) is 4.79 Å². The van der Waals surface area contributed by atoms with Gasteiger partial charge in [-0.1, -0.05) is 23.2 Å². The standard InChI is InChI=1S/C18H21Cl2N3O9/c19-8-3-6(4-9(20)12(8)24)14(26)22-10(15(27)28)5-7-1-2-18(23-7,17(31)32)13(25)11(21)16(29)30/h3-4,7,10-11,13,23-25H,1-2,5,21H2,(H,22,26)(H,27,28)(H,29,30)(H,31,32)/t7-,10?,11+,13+,18-/m1/s1. The number of aliphatic hydroxyl groups is 1. The van der Waals surface area contributed by atoms with Gasteiger partial charge >= 0.3 is 17.9 Å². The molecule has 2 rings (SSSR count). The highest BCUT2D eigenvalue weighted by Crippen LogP contribution is 2.33. The summed E-state index contributed by atoms with van der Waals surface area (Å²) in [4.78, 5) is 47.0. The van der Waals surface area contributed by atoms with E-state index in [-0.39, 0.29) is 34.9 Å². The zero-order chi connectivity index (χ0) is 24.4. The monoisotopic (exact) mass is 493 g/mol. The normalized spacial score (nSPS) is 23.2. The molecule has 176 valence electrons. The number of phenols is 1. The van der Waals surface area contributed by atoms with Crippen molar-refractivity contribution in [3.63, 3.8) is 0 Å². The quantitative estimate of drug-likeness (QED) is 0.221. The summed E-state index contributed by atoms with van der Waals surface area (Å²) in [5.41, 5.74) is 3.16. The number of nitrogens with one attached hydrogen (secondary N) is 2. The molecule has 1 aliphatic rings. The lowest BCUT2D eigenvalue weighted by atomic mass is 9.86. The Morgan fingerprint density at radius 3 is 2.19 bits per heavy atom. The molecule has 9 N–H and O–H groups in total. The molecular formula is C18H21Cl2N3O9. The Hall–Kier alpha value is -2.64. The number of halogens is 2. The van der Waals surface area contributed by atoms with Gasteiger partial charge in [-0.2, -0.15) is 0 Å². The number of hydrogen-bond acceptors (Lipinski definition) is 8. The molecule has 0 aliphatic carbocycles. The topological polar surface area (TPSA) is 220 Å². The number of carboxylic acids is 3. The molecule has 0 spiro atoms. The highest BCUT2D eigenvalue weighted by Gasteiger charge is 2.54. The number of rotatable bonds is 9. The maximum atomic E-state index is 12.4. The average Bonchev–Trinajstić information content (AvgIpc) is 3.15. The molecule has 1 aliphatic heterocycles. The molecule has 1 saturated heterocycles. The van der Waals surface area contributed by atoms with Gasteiger partial charge in [0.2, 0.25) is 0 Å². The van der Waals surface area contributed by atoms with Crippen molar-refractivity contribution in [2.75, 3.05) is 0 Å². The van der Waals surface area contributed by atoms with Crippen LogP contribution in [0.3, 0.4) is 0 Å². The smallest absolute Gasteiger partial charge is 0.326 e. The van der Waals surface area contributed by atoms with Crippen molar-refractivity contribution in [3.05, 3.63) is 27.7 Å². The Kier molecular flexibility index (Phi) is 7.91. The summed E-state index contributed by atoms with van der Waals surface area (Å²) in [7, 11) is 0. The summed E-state index contributed by atoms with van der Waals surface area (Å²) >= 11 is 11.5. The van der Waals surface area contributed by atoms with Gasteiger partial charge in [0.25, 0.3) is 5.91 Å². The highest BCUT2D eigenvalue weighted by molar-refractivity contribution is 6.37. The second kappa shape index (κ2) is 9.88. The van der Waals surface area contributed by atoms with Gasteiger partial charge in [-0.15, -0.1) is 0 Å². The maximum Gasteiger partial charge on any atom is 0.326 e. The third-order valence-corrected chi connectivity index (χ3v) is 5.84. The van der Waals surface area contributed by atoms with Crippen LogP contribution in [0.1, 0.15) is 29.6 Å². The first-order valence-electron chi connectivity index (χ1n) is 9.19. The van der Waals surface area contributed by atoms with Crippen molar-refractivity contribution in [1.82, 2.24) is 10.6 Å². The fraction of sp³-hybridized carbons (Fsp3) is 0.444. The van der Waals surface area contributed by atoms with E-state index in [0.717, 1.165) is 12.1 Å². The Labute approximate surface area is 190 Å². The van der Waals surface area contributed by atoms with Crippen molar-refractivity contribution in [3.8, 4) is 5.75 Å². The Balaban J connectivity index is 2.17. The number of carbonyl (C=O) groups excluding carboxylic acids is 1. The van der Waals surface area contributed by atoms with Gasteiger partial charge in [-0.3, -0.25) is 19.7 Å². The number of aromatic hydroxyl groups is 1. The van der Waals surface area contributed by atoms with E-state index in [1.807, 2.05) is 0 Å². The van der Waals surface area contributed by atoms with Crippen LogP contribution in [0.4, 0.5) is 0 Å². The predicted molar refractivity (Wildman–Crippen MR) is 110 cm³/mol. The van der Waals surface area contributed by atoms with E-state index in [0.29, 0.717) is 0 Å². The fourth-order valence-electron chi connectivity index (χ4n) is 3.50. The van der Waals surface area contributed by atoms with Gasteiger partial charge in [0.15, 0.2) is 5.75 Å². The number of nitrogens with two attached hydrogens (primary N) is 1. The van der Waals surface area contributed by atoms with E-state index >= 15 is 0 Å². The minimum Gasteiger partial charge on any atom is -0.505 e. The molecule has 0 saturated carbocycles. The molecule has 0 aromatic heterocycles. The lowest BCUT2D eigenvalue weighted by Gasteiger charge is -2.33. The van der Waals surface area contributed by atoms with Crippen LogP contribution in [0.5, 0.6) is 5.75 Å². The van der Waals surface area contributed by atoms with Crippen LogP contribution in [-0.2, 0) is 14.4 Å². The van der Waals surface area contributed by atoms with Crippen LogP contribution in [-0.4, -0.2) is 79.1 Å². The first-order chi connectivity index (χ1) is 14.8. The van der Waals surface area contributed by atoms with Crippen molar-refractivity contribution >= 4 is 47.0 Å². The number of phenolic OH excluding ortho intramolecular Hbond substituents is 1. The molecule has 14 heteroatoms. The largest absolute Gasteiger partial charge is 0.505 e. The number of benzene rings is 1. The number of carbonyl (C=O) groups is 4. The molecule has 1 unspecified atom stereocenters. The summed E-state index contributed by atoms with van der Waals surface area (Å²) in [5, 5.41) is 52.3. The summed E-state index contributed by atoms with van der Waals surface area (Å²) in [6.45, 7) is 0. The van der Waals surface area contributed by atoms with Crippen LogP contribution in [0.2, 0.25) is 10.0 Å². The minimum atomic E-state index is -2.10. The minimum absolute atomic E-state index is 0.0617. The number of hydrogen-bond donors (Lipinski definition) is 8. The predicted octanol–water partition coefficient (Wildman–Crippen LogP) is -0.380. The van der Waals surface area contributed by atoms with Crippen molar-refractivity contribution < 1.29 is 44.7 Å².